The molecule has 0 aliphatic carbocycles. The normalized spacial score (nSPS) is 10.6. The van der Waals surface area contributed by atoms with Crippen molar-refractivity contribution in [1.82, 2.24) is 9.88 Å². The van der Waals surface area contributed by atoms with Gasteiger partial charge >= 0.3 is 0 Å². The molecular weight excluding hydrogens is 324 g/mol. The first kappa shape index (κ1) is 12.9. The van der Waals surface area contributed by atoms with Gasteiger partial charge in [0.1, 0.15) is 0 Å². The zero-order valence-corrected chi connectivity index (χ0v) is 11.8. The minimum Gasteiger partial charge on any atom is -0.315 e. The smallest absolute Gasteiger partial charge is 0.264 e. The fraction of sp³-hybridized carbons (Fsp3) is 0.500. The highest BCUT2D eigenvalue weighted by atomic mass is 79.9. The Morgan fingerprint density at radius 3 is 2.80 bits per heavy atom. The maximum atomic E-state index is 11.7. The Labute approximate surface area is 106 Å². The van der Waals surface area contributed by atoms with E-state index in [1.165, 1.54) is 0 Å². The van der Waals surface area contributed by atoms with E-state index in [1.807, 2.05) is 0 Å². The van der Waals surface area contributed by atoms with Crippen molar-refractivity contribution in [2.24, 2.45) is 0 Å². The van der Waals surface area contributed by atoms with Gasteiger partial charge in [0.25, 0.3) is 5.56 Å². The third-order valence-corrected chi connectivity index (χ3v) is 2.97. The Bertz CT molecular complexity index is 376. The van der Waals surface area contributed by atoms with Gasteiger partial charge in [0.2, 0.25) is 0 Å². The summed E-state index contributed by atoms with van der Waals surface area (Å²) >= 11 is 6.60. The van der Waals surface area contributed by atoms with E-state index in [2.05, 4.69) is 44.1 Å². The molecule has 1 aromatic heterocycles. The van der Waals surface area contributed by atoms with Crippen molar-refractivity contribution < 1.29 is 0 Å². The zero-order valence-electron chi connectivity index (χ0n) is 8.59. The summed E-state index contributed by atoms with van der Waals surface area (Å²) in [4.78, 5) is 11.7. The number of hydrogen-bond donors (Lipinski definition) is 1. The molecule has 0 saturated carbocycles. The van der Waals surface area contributed by atoms with Crippen LogP contribution >= 0.6 is 31.9 Å². The van der Waals surface area contributed by atoms with Gasteiger partial charge in [0.15, 0.2) is 0 Å². The average molecular weight is 338 g/mol. The number of hydrogen-bond acceptors (Lipinski definition) is 2. The number of nitrogens with zero attached hydrogens (tertiary/aromatic N) is 1. The second-order valence-electron chi connectivity index (χ2n) is 3.25. The van der Waals surface area contributed by atoms with E-state index in [4.69, 9.17) is 0 Å². The van der Waals surface area contributed by atoms with E-state index in [-0.39, 0.29) is 5.56 Å². The molecular formula is C10H14Br2N2O. The highest BCUT2D eigenvalue weighted by Gasteiger charge is 2.02. The molecule has 5 heteroatoms. The summed E-state index contributed by atoms with van der Waals surface area (Å²) in [5, 5.41) is 3.26. The Morgan fingerprint density at radius 1 is 1.40 bits per heavy atom. The Kier molecular flexibility index (Phi) is 5.56. The van der Waals surface area contributed by atoms with Gasteiger partial charge < -0.3 is 9.88 Å². The van der Waals surface area contributed by atoms with Crippen LogP contribution in [0.2, 0.25) is 0 Å². The minimum atomic E-state index is 0.0106. The Morgan fingerprint density at radius 2 is 2.13 bits per heavy atom. The molecule has 84 valence electrons. The molecule has 0 fully saturated rings. The largest absolute Gasteiger partial charge is 0.315 e. The lowest BCUT2D eigenvalue weighted by Crippen LogP contribution is -2.27. The van der Waals surface area contributed by atoms with Crippen LogP contribution in [-0.2, 0) is 6.54 Å². The fourth-order valence-corrected chi connectivity index (χ4v) is 2.49. The molecule has 0 aliphatic heterocycles. The van der Waals surface area contributed by atoms with Gasteiger partial charge in [-0.3, -0.25) is 4.79 Å². The zero-order chi connectivity index (χ0) is 11.3. The topological polar surface area (TPSA) is 34.0 Å². The summed E-state index contributed by atoms with van der Waals surface area (Å²) < 4.78 is 3.19. The molecule has 1 aromatic rings. The third-order valence-electron chi connectivity index (χ3n) is 1.97. The molecule has 0 aliphatic rings. The number of aromatic nitrogens is 1. The van der Waals surface area contributed by atoms with Crippen LogP contribution in [0, 0.1) is 0 Å². The van der Waals surface area contributed by atoms with Crippen molar-refractivity contribution in [1.29, 1.82) is 0 Å². The molecule has 0 amide bonds. The van der Waals surface area contributed by atoms with Crippen LogP contribution in [-0.4, -0.2) is 17.7 Å². The quantitative estimate of drug-likeness (QED) is 0.837. The number of pyridine rings is 1. The molecule has 0 aromatic carbocycles. The average Bonchev–Trinajstić information content (AvgIpc) is 2.19. The van der Waals surface area contributed by atoms with Crippen LogP contribution in [0.5, 0.6) is 0 Å². The van der Waals surface area contributed by atoms with E-state index in [9.17, 15) is 4.79 Å². The van der Waals surface area contributed by atoms with Crippen molar-refractivity contribution in [3.8, 4) is 0 Å². The van der Waals surface area contributed by atoms with Gasteiger partial charge in [-0.05, 0) is 50.9 Å². The van der Waals surface area contributed by atoms with E-state index in [0.29, 0.717) is 11.0 Å². The van der Waals surface area contributed by atoms with Gasteiger partial charge in [-0.15, -0.1) is 0 Å². The molecule has 0 atom stereocenters. The van der Waals surface area contributed by atoms with Crippen LogP contribution in [0.4, 0.5) is 0 Å². The van der Waals surface area contributed by atoms with Crippen LogP contribution < -0.4 is 10.9 Å². The summed E-state index contributed by atoms with van der Waals surface area (Å²) in [5.74, 6) is 0. The van der Waals surface area contributed by atoms with Gasteiger partial charge in [0, 0.05) is 23.8 Å². The molecule has 1 heterocycles. The predicted molar refractivity (Wildman–Crippen MR) is 69.3 cm³/mol. The lowest BCUT2D eigenvalue weighted by molar-refractivity contribution is 0.580. The third kappa shape index (κ3) is 4.09. The number of rotatable bonds is 5. The van der Waals surface area contributed by atoms with Crippen molar-refractivity contribution in [3.63, 3.8) is 0 Å². The molecule has 0 bridgehead atoms. The number of nitrogens with one attached hydrogen (secondary N) is 1. The monoisotopic (exact) mass is 336 g/mol. The van der Waals surface area contributed by atoms with Gasteiger partial charge in [0.05, 0.1) is 4.47 Å². The second kappa shape index (κ2) is 6.45. The summed E-state index contributed by atoms with van der Waals surface area (Å²) in [6.07, 6.45) is 2.91. The molecule has 3 nitrogen and oxygen atoms in total. The minimum absolute atomic E-state index is 0.0106. The maximum absolute atomic E-state index is 11.7. The molecule has 0 radical (unpaired) electrons. The van der Waals surface area contributed by atoms with Crippen molar-refractivity contribution in [3.05, 3.63) is 31.6 Å². The van der Waals surface area contributed by atoms with E-state index >= 15 is 0 Å². The van der Waals surface area contributed by atoms with Gasteiger partial charge in [-0.25, -0.2) is 0 Å². The molecule has 0 spiro atoms. The highest BCUT2D eigenvalue weighted by Crippen LogP contribution is 2.12. The summed E-state index contributed by atoms with van der Waals surface area (Å²) in [7, 11) is 0. The standard InChI is InChI=1S/C10H14Br2N2O/c1-2-3-13-4-5-14-7-8(11)6-9(12)10(14)15/h6-7,13H,2-5H2,1H3. The lowest BCUT2D eigenvalue weighted by atomic mass is 10.4. The Balaban J connectivity index is 2.64. The van der Waals surface area contributed by atoms with Crippen molar-refractivity contribution in [2.45, 2.75) is 19.9 Å². The number of halogens is 2. The van der Waals surface area contributed by atoms with E-state index in [1.54, 1.807) is 16.8 Å². The molecule has 1 rings (SSSR count). The van der Waals surface area contributed by atoms with E-state index < -0.39 is 0 Å². The first-order valence-corrected chi connectivity index (χ1v) is 6.50. The summed E-state index contributed by atoms with van der Waals surface area (Å²) in [6.45, 7) is 4.62. The maximum Gasteiger partial charge on any atom is 0.264 e. The Hall–Kier alpha value is -0.130. The van der Waals surface area contributed by atoms with Crippen LogP contribution in [0.3, 0.4) is 0 Å². The molecule has 1 N–H and O–H groups in total. The van der Waals surface area contributed by atoms with E-state index in [0.717, 1.165) is 24.0 Å². The lowest BCUT2D eigenvalue weighted by Gasteiger charge is -2.07. The van der Waals surface area contributed by atoms with Crippen LogP contribution in [0.1, 0.15) is 13.3 Å². The first-order valence-electron chi connectivity index (χ1n) is 4.91. The fourth-order valence-electron chi connectivity index (χ4n) is 1.23. The van der Waals surface area contributed by atoms with Gasteiger partial charge in [-0.2, -0.15) is 0 Å². The van der Waals surface area contributed by atoms with Gasteiger partial charge in [-0.1, -0.05) is 6.92 Å². The molecule has 0 saturated heterocycles. The molecule has 0 unspecified atom stereocenters. The molecule has 15 heavy (non-hydrogen) atoms. The van der Waals surface area contributed by atoms with Crippen LogP contribution in [0.15, 0.2) is 26.0 Å². The first-order chi connectivity index (χ1) is 7.15. The van der Waals surface area contributed by atoms with Crippen molar-refractivity contribution >= 4 is 31.9 Å². The second-order valence-corrected chi connectivity index (χ2v) is 5.02. The highest BCUT2D eigenvalue weighted by molar-refractivity contribution is 9.11. The predicted octanol–water partition coefficient (Wildman–Crippen LogP) is 2.37. The SMILES string of the molecule is CCCNCCn1cc(Br)cc(Br)c1=O. The summed E-state index contributed by atoms with van der Waals surface area (Å²) in [5.41, 5.74) is 0.0106. The van der Waals surface area contributed by atoms with Crippen molar-refractivity contribution in [2.75, 3.05) is 13.1 Å². The van der Waals surface area contributed by atoms with Crippen LogP contribution in [0.25, 0.3) is 0 Å². The summed E-state index contributed by atoms with van der Waals surface area (Å²) in [6, 6.07) is 1.76.